The first kappa shape index (κ1) is 18.2. The SMILES string of the molecule is CCC(C)CN(CC)CC(N)c1ccc(CC(C)C)cc1. The number of benzene rings is 1. The zero-order valence-corrected chi connectivity index (χ0v) is 14.6. The summed E-state index contributed by atoms with van der Waals surface area (Å²) in [5.74, 6) is 1.45. The summed E-state index contributed by atoms with van der Waals surface area (Å²) in [6, 6.07) is 9.00. The summed E-state index contributed by atoms with van der Waals surface area (Å²) in [6.07, 6.45) is 2.38. The highest BCUT2D eigenvalue weighted by molar-refractivity contribution is 5.25. The molecule has 0 amide bonds. The van der Waals surface area contributed by atoms with Crippen molar-refractivity contribution in [1.82, 2.24) is 4.90 Å². The maximum absolute atomic E-state index is 6.40. The van der Waals surface area contributed by atoms with Crippen LogP contribution in [0.1, 0.15) is 58.2 Å². The minimum absolute atomic E-state index is 0.113. The van der Waals surface area contributed by atoms with Gasteiger partial charge in [0.15, 0.2) is 0 Å². The van der Waals surface area contributed by atoms with Crippen LogP contribution in [-0.4, -0.2) is 24.5 Å². The van der Waals surface area contributed by atoms with Crippen LogP contribution in [0.2, 0.25) is 0 Å². The molecule has 2 nitrogen and oxygen atoms in total. The number of hydrogen-bond acceptors (Lipinski definition) is 2. The van der Waals surface area contributed by atoms with Gasteiger partial charge in [0.25, 0.3) is 0 Å². The lowest BCUT2D eigenvalue weighted by atomic mass is 9.99. The lowest BCUT2D eigenvalue weighted by Crippen LogP contribution is -2.35. The second kappa shape index (κ2) is 9.22. The van der Waals surface area contributed by atoms with E-state index in [2.05, 4.69) is 63.8 Å². The molecule has 0 radical (unpaired) electrons. The van der Waals surface area contributed by atoms with Gasteiger partial charge < -0.3 is 10.6 Å². The Bertz CT molecular complexity index is 383. The average molecular weight is 290 g/mol. The highest BCUT2D eigenvalue weighted by Gasteiger charge is 2.13. The van der Waals surface area contributed by atoms with E-state index in [1.54, 1.807) is 0 Å². The molecule has 2 atom stereocenters. The van der Waals surface area contributed by atoms with Crippen LogP contribution in [0.5, 0.6) is 0 Å². The molecule has 0 aliphatic heterocycles. The maximum atomic E-state index is 6.40. The average Bonchev–Trinajstić information content (AvgIpc) is 2.46. The zero-order valence-electron chi connectivity index (χ0n) is 14.6. The third kappa shape index (κ3) is 6.62. The van der Waals surface area contributed by atoms with Crippen molar-refractivity contribution in [2.24, 2.45) is 17.6 Å². The van der Waals surface area contributed by atoms with Gasteiger partial charge in [-0.3, -0.25) is 0 Å². The molecule has 0 aromatic heterocycles. The molecule has 1 aromatic carbocycles. The molecule has 1 rings (SSSR count). The van der Waals surface area contributed by atoms with Crippen LogP contribution in [0.25, 0.3) is 0 Å². The van der Waals surface area contributed by atoms with Gasteiger partial charge in [-0.2, -0.15) is 0 Å². The fourth-order valence-electron chi connectivity index (χ4n) is 2.66. The van der Waals surface area contributed by atoms with E-state index in [-0.39, 0.29) is 6.04 Å². The van der Waals surface area contributed by atoms with Gasteiger partial charge in [-0.1, -0.05) is 65.3 Å². The predicted molar refractivity (Wildman–Crippen MR) is 93.5 cm³/mol. The number of rotatable bonds is 9. The molecule has 2 N–H and O–H groups in total. The standard InChI is InChI=1S/C19H34N2/c1-6-16(5)13-21(7-2)14-19(20)18-10-8-17(9-11-18)12-15(3)4/h8-11,15-16,19H,6-7,12-14,20H2,1-5H3. The van der Waals surface area contributed by atoms with E-state index in [1.807, 2.05) is 0 Å². The molecule has 1 aromatic rings. The van der Waals surface area contributed by atoms with E-state index in [9.17, 15) is 0 Å². The van der Waals surface area contributed by atoms with Gasteiger partial charge in [0.2, 0.25) is 0 Å². The van der Waals surface area contributed by atoms with Gasteiger partial charge in [-0.25, -0.2) is 0 Å². The first-order valence-corrected chi connectivity index (χ1v) is 8.52. The van der Waals surface area contributed by atoms with Crippen LogP contribution in [0.15, 0.2) is 24.3 Å². The molecule has 120 valence electrons. The minimum Gasteiger partial charge on any atom is -0.323 e. The summed E-state index contributed by atoms with van der Waals surface area (Å²) in [4.78, 5) is 2.47. The van der Waals surface area contributed by atoms with Crippen LogP contribution in [-0.2, 0) is 6.42 Å². The van der Waals surface area contributed by atoms with Crippen molar-refractivity contribution < 1.29 is 0 Å². The Labute approximate surface area is 131 Å². The molecule has 2 heteroatoms. The molecule has 0 spiro atoms. The van der Waals surface area contributed by atoms with E-state index >= 15 is 0 Å². The highest BCUT2D eigenvalue weighted by atomic mass is 15.1. The van der Waals surface area contributed by atoms with Crippen LogP contribution >= 0.6 is 0 Å². The Balaban J connectivity index is 2.59. The molecule has 0 saturated carbocycles. The fraction of sp³-hybridized carbons (Fsp3) is 0.684. The summed E-state index contributed by atoms with van der Waals surface area (Å²) in [5.41, 5.74) is 9.06. The van der Waals surface area contributed by atoms with Crippen molar-refractivity contribution in [2.75, 3.05) is 19.6 Å². The van der Waals surface area contributed by atoms with E-state index in [0.29, 0.717) is 5.92 Å². The Hall–Kier alpha value is -0.860. The summed E-state index contributed by atoms with van der Waals surface area (Å²) in [6.45, 7) is 14.5. The molecule has 0 aliphatic rings. The first-order valence-electron chi connectivity index (χ1n) is 8.52. The van der Waals surface area contributed by atoms with Crippen molar-refractivity contribution >= 4 is 0 Å². The molecule has 0 heterocycles. The third-order valence-corrected chi connectivity index (χ3v) is 4.22. The van der Waals surface area contributed by atoms with Crippen molar-refractivity contribution in [3.05, 3.63) is 35.4 Å². The van der Waals surface area contributed by atoms with Gasteiger partial charge in [-0.15, -0.1) is 0 Å². The fourth-order valence-corrected chi connectivity index (χ4v) is 2.66. The van der Waals surface area contributed by atoms with Crippen molar-refractivity contribution in [2.45, 2.75) is 53.5 Å². The van der Waals surface area contributed by atoms with Crippen molar-refractivity contribution in [3.8, 4) is 0 Å². The van der Waals surface area contributed by atoms with E-state index < -0.39 is 0 Å². The highest BCUT2D eigenvalue weighted by Crippen LogP contribution is 2.16. The Morgan fingerprint density at radius 2 is 1.62 bits per heavy atom. The summed E-state index contributed by atoms with van der Waals surface area (Å²) < 4.78 is 0. The van der Waals surface area contributed by atoms with Crippen LogP contribution < -0.4 is 5.73 Å². The zero-order chi connectivity index (χ0) is 15.8. The second-order valence-corrected chi connectivity index (χ2v) is 6.81. The first-order chi connectivity index (χ1) is 9.96. The third-order valence-electron chi connectivity index (χ3n) is 4.22. The molecule has 2 unspecified atom stereocenters. The number of nitrogens with zero attached hydrogens (tertiary/aromatic N) is 1. The predicted octanol–water partition coefficient (Wildman–Crippen LogP) is 4.25. The Morgan fingerprint density at radius 3 is 2.10 bits per heavy atom. The number of likely N-dealkylation sites (N-methyl/N-ethyl adjacent to an activating group) is 1. The number of hydrogen-bond donors (Lipinski definition) is 1. The largest absolute Gasteiger partial charge is 0.323 e. The molecule has 0 fully saturated rings. The lowest BCUT2D eigenvalue weighted by molar-refractivity contribution is 0.232. The van der Waals surface area contributed by atoms with E-state index in [1.165, 1.54) is 17.5 Å². The normalized spacial score (nSPS) is 14.7. The van der Waals surface area contributed by atoms with Crippen LogP contribution in [0.3, 0.4) is 0 Å². The lowest BCUT2D eigenvalue weighted by Gasteiger charge is -2.27. The van der Waals surface area contributed by atoms with Crippen LogP contribution in [0, 0.1) is 11.8 Å². The molecule has 0 bridgehead atoms. The second-order valence-electron chi connectivity index (χ2n) is 6.81. The summed E-state index contributed by atoms with van der Waals surface area (Å²) >= 11 is 0. The van der Waals surface area contributed by atoms with Crippen LogP contribution in [0.4, 0.5) is 0 Å². The molecular formula is C19H34N2. The molecule has 0 aliphatic carbocycles. The molecular weight excluding hydrogens is 256 g/mol. The molecule has 21 heavy (non-hydrogen) atoms. The van der Waals surface area contributed by atoms with Gasteiger partial charge >= 0.3 is 0 Å². The van der Waals surface area contributed by atoms with Crippen molar-refractivity contribution in [3.63, 3.8) is 0 Å². The Morgan fingerprint density at radius 1 is 1.00 bits per heavy atom. The Kier molecular flexibility index (Phi) is 7.98. The summed E-state index contributed by atoms with van der Waals surface area (Å²) in [5, 5.41) is 0. The minimum atomic E-state index is 0.113. The van der Waals surface area contributed by atoms with Gasteiger partial charge in [0.1, 0.15) is 0 Å². The number of nitrogens with two attached hydrogens (primary N) is 1. The topological polar surface area (TPSA) is 29.3 Å². The quantitative estimate of drug-likeness (QED) is 0.736. The maximum Gasteiger partial charge on any atom is 0.0424 e. The van der Waals surface area contributed by atoms with E-state index in [0.717, 1.165) is 32.0 Å². The smallest absolute Gasteiger partial charge is 0.0424 e. The summed E-state index contributed by atoms with van der Waals surface area (Å²) in [7, 11) is 0. The van der Waals surface area contributed by atoms with E-state index in [4.69, 9.17) is 5.73 Å². The van der Waals surface area contributed by atoms with Crippen molar-refractivity contribution in [1.29, 1.82) is 0 Å². The van der Waals surface area contributed by atoms with Gasteiger partial charge in [-0.05, 0) is 35.9 Å². The van der Waals surface area contributed by atoms with Gasteiger partial charge in [0.05, 0.1) is 0 Å². The monoisotopic (exact) mass is 290 g/mol. The molecule has 0 saturated heterocycles. The van der Waals surface area contributed by atoms with Gasteiger partial charge in [0, 0.05) is 19.1 Å².